The molecule has 0 bridgehead atoms. The van der Waals surface area contributed by atoms with E-state index in [9.17, 15) is 17.6 Å². The topological polar surface area (TPSA) is 54.5 Å². The SMILES string of the molecule is CCN(C(=O)c1ccc(F)c(S(=O)(=O)Cl)c1)C1CC1. The van der Waals surface area contributed by atoms with E-state index < -0.39 is 19.8 Å². The maximum atomic E-state index is 13.4. The molecule has 0 heterocycles. The molecule has 104 valence electrons. The number of hydrogen-bond donors (Lipinski definition) is 0. The van der Waals surface area contributed by atoms with Gasteiger partial charge in [-0.1, -0.05) is 0 Å². The van der Waals surface area contributed by atoms with Crippen LogP contribution in [0.2, 0.25) is 0 Å². The van der Waals surface area contributed by atoms with Gasteiger partial charge in [0.15, 0.2) is 0 Å². The molecular weight excluding hydrogens is 293 g/mol. The standard InChI is InChI=1S/C12H13ClFNO3S/c1-2-15(9-4-5-9)12(16)8-3-6-10(14)11(7-8)19(13,17)18/h3,6-7,9H,2,4-5H2,1H3. The first kappa shape index (κ1) is 14.3. The van der Waals surface area contributed by atoms with E-state index in [2.05, 4.69) is 0 Å². The van der Waals surface area contributed by atoms with Crippen LogP contribution >= 0.6 is 10.7 Å². The molecule has 1 saturated carbocycles. The highest BCUT2D eigenvalue weighted by Crippen LogP contribution is 2.29. The van der Waals surface area contributed by atoms with Crippen molar-refractivity contribution in [1.29, 1.82) is 0 Å². The van der Waals surface area contributed by atoms with Gasteiger partial charge in [-0.15, -0.1) is 0 Å². The Bertz CT molecular complexity index is 613. The van der Waals surface area contributed by atoms with Crippen LogP contribution in [0.3, 0.4) is 0 Å². The Kier molecular flexibility index (Phi) is 3.82. The maximum Gasteiger partial charge on any atom is 0.264 e. The quantitative estimate of drug-likeness (QED) is 0.803. The van der Waals surface area contributed by atoms with Crippen LogP contribution in [0.15, 0.2) is 23.1 Å². The van der Waals surface area contributed by atoms with Gasteiger partial charge in [-0.3, -0.25) is 4.79 Å². The highest BCUT2D eigenvalue weighted by Gasteiger charge is 2.32. The molecule has 19 heavy (non-hydrogen) atoms. The Morgan fingerprint density at radius 3 is 2.58 bits per heavy atom. The summed E-state index contributed by atoms with van der Waals surface area (Å²) in [5, 5.41) is 0. The van der Waals surface area contributed by atoms with Crippen molar-refractivity contribution < 1.29 is 17.6 Å². The molecule has 0 spiro atoms. The molecular formula is C12H13ClFNO3S. The first-order valence-electron chi connectivity index (χ1n) is 5.89. The molecule has 0 aliphatic heterocycles. The number of nitrogens with zero attached hydrogens (tertiary/aromatic N) is 1. The van der Waals surface area contributed by atoms with E-state index in [1.807, 2.05) is 6.92 Å². The zero-order valence-electron chi connectivity index (χ0n) is 10.3. The van der Waals surface area contributed by atoms with Crippen LogP contribution in [0.1, 0.15) is 30.1 Å². The fourth-order valence-electron chi connectivity index (χ4n) is 1.94. The predicted molar refractivity (Wildman–Crippen MR) is 69.2 cm³/mol. The molecule has 0 aromatic heterocycles. The number of halogens is 2. The molecule has 1 aliphatic rings. The molecule has 1 fully saturated rings. The highest BCUT2D eigenvalue weighted by molar-refractivity contribution is 8.13. The number of carbonyl (C=O) groups excluding carboxylic acids is 1. The first-order valence-corrected chi connectivity index (χ1v) is 8.20. The number of hydrogen-bond acceptors (Lipinski definition) is 3. The average molecular weight is 306 g/mol. The number of rotatable bonds is 4. The van der Waals surface area contributed by atoms with E-state index in [-0.39, 0.29) is 17.5 Å². The van der Waals surface area contributed by atoms with Gasteiger partial charge in [-0.05, 0) is 38.0 Å². The van der Waals surface area contributed by atoms with Gasteiger partial charge in [0.05, 0.1) is 0 Å². The molecule has 0 radical (unpaired) electrons. The monoisotopic (exact) mass is 305 g/mol. The summed E-state index contributed by atoms with van der Waals surface area (Å²) in [6.45, 7) is 2.38. The fraction of sp³-hybridized carbons (Fsp3) is 0.417. The summed E-state index contributed by atoms with van der Waals surface area (Å²) in [6.07, 6.45) is 1.89. The van der Waals surface area contributed by atoms with E-state index >= 15 is 0 Å². The third-order valence-corrected chi connectivity index (χ3v) is 4.37. The molecule has 0 unspecified atom stereocenters. The lowest BCUT2D eigenvalue weighted by Gasteiger charge is -2.20. The minimum absolute atomic E-state index is 0.134. The van der Waals surface area contributed by atoms with Crippen molar-refractivity contribution in [1.82, 2.24) is 4.90 Å². The van der Waals surface area contributed by atoms with Crippen molar-refractivity contribution in [3.05, 3.63) is 29.6 Å². The van der Waals surface area contributed by atoms with Gasteiger partial charge in [0.2, 0.25) is 0 Å². The Hall–Kier alpha value is -1.14. The number of carbonyl (C=O) groups is 1. The molecule has 7 heteroatoms. The van der Waals surface area contributed by atoms with Crippen LogP contribution in [0.25, 0.3) is 0 Å². The van der Waals surface area contributed by atoms with Crippen molar-refractivity contribution in [2.75, 3.05) is 6.54 Å². The molecule has 1 aromatic rings. The van der Waals surface area contributed by atoms with Crippen LogP contribution in [-0.4, -0.2) is 31.8 Å². The minimum Gasteiger partial charge on any atom is -0.336 e. The van der Waals surface area contributed by atoms with Gasteiger partial charge < -0.3 is 4.90 Å². The Morgan fingerprint density at radius 1 is 1.47 bits per heavy atom. The second-order valence-corrected chi connectivity index (χ2v) is 6.94. The van der Waals surface area contributed by atoms with Crippen LogP contribution < -0.4 is 0 Å². The molecule has 1 aromatic carbocycles. The van der Waals surface area contributed by atoms with Crippen molar-refractivity contribution in [2.24, 2.45) is 0 Å². The van der Waals surface area contributed by atoms with E-state index in [0.717, 1.165) is 25.0 Å². The van der Waals surface area contributed by atoms with E-state index in [1.165, 1.54) is 6.07 Å². The lowest BCUT2D eigenvalue weighted by atomic mass is 10.2. The normalized spacial score (nSPS) is 15.3. The molecule has 2 rings (SSSR count). The van der Waals surface area contributed by atoms with Crippen molar-refractivity contribution in [3.8, 4) is 0 Å². The summed E-state index contributed by atoms with van der Waals surface area (Å²) in [7, 11) is 0.936. The van der Waals surface area contributed by atoms with Gasteiger partial charge in [-0.25, -0.2) is 12.8 Å². The lowest BCUT2D eigenvalue weighted by Crippen LogP contribution is -2.32. The first-order chi connectivity index (χ1) is 8.84. The average Bonchev–Trinajstić information content (AvgIpc) is 3.13. The largest absolute Gasteiger partial charge is 0.336 e. The van der Waals surface area contributed by atoms with Crippen molar-refractivity contribution >= 4 is 25.6 Å². The van der Waals surface area contributed by atoms with Crippen molar-refractivity contribution in [2.45, 2.75) is 30.7 Å². The van der Waals surface area contributed by atoms with E-state index in [4.69, 9.17) is 10.7 Å². The van der Waals surface area contributed by atoms with Crippen LogP contribution in [-0.2, 0) is 9.05 Å². The lowest BCUT2D eigenvalue weighted by molar-refractivity contribution is 0.0752. The summed E-state index contributed by atoms with van der Waals surface area (Å²) in [5.74, 6) is -1.26. The summed E-state index contributed by atoms with van der Waals surface area (Å²) in [6, 6.07) is 3.42. The summed E-state index contributed by atoms with van der Waals surface area (Å²) in [5.41, 5.74) is 0.134. The summed E-state index contributed by atoms with van der Waals surface area (Å²) < 4.78 is 35.8. The maximum absolute atomic E-state index is 13.4. The predicted octanol–water partition coefficient (Wildman–Crippen LogP) is 2.38. The van der Waals surface area contributed by atoms with Gasteiger partial charge in [0, 0.05) is 28.8 Å². The van der Waals surface area contributed by atoms with Gasteiger partial charge in [0.1, 0.15) is 10.7 Å². The Morgan fingerprint density at radius 2 is 2.11 bits per heavy atom. The molecule has 1 aliphatic carbocycles. The molecule has 0 N–H and O–H groups in total. The Labute approximate surface area is 115 Å². The zero-order valence-corrected chi connectivity index (χ0v) is 11.8. The van der Waals surface area contributed by atoms with E-state index in [1.54, 1.807) is 4.90 Å². The second kappa shape index (κ2) is 5.09. The van der Waals surface area contributed by atoms with Crippen LogP contribution in [0.4, 0.5) is 4.39 Å². The molecule has 0 saturated heterocycles. The second-order valence-electron chi connectivity index (χ2n) is 4.41. The molecule has 1 amide bonds. The Balaban J connectivity index is 2.38. The highest BCUT2D eigenvalue weighted by atomic mass is 35.7. The number of amides is 1. The molecule has 0 atom stereocenters. The van der Waals surface area contributed by atoms with Gasteiger partial charge in [-0.2, -0.15) is 0 Å². The number of benzene rings is 1. The fourth-order valence-corrected chi connectivity index (χ4v) is 2.87. The smallest absolute Gasteiger partial charge is 0.264 e. The molecule has 4 nitrogen and oxygen atoms in total. The van der Waals surface area contributed by atoms with Crippen LogP contribution in [0.5, 0.6) is 0 Å². The van der Waals surface area contributed by atoms with Crippen molar-refractivity contribution in [3.63, 3.8) is 0 Å². The van der Waals surface area contributed by atoms with Crippen LogP contribution in [0, 0.1) is 5.82 Å². The summed E-state index contributed by atoms with van der Waals surface area (Å²) >= 11 is 0. The van der Waals surface area contributed by atoms with E-state index in [0.29, 0.717) is 6.54 Å². The third kappa shape index (κ3) is 3.06. The minimum atomic E-state index is -4.20. The summed E-state index contributed by atoms with van der Waals surface area (Å²) in [4.78, 5) is 13.2. The zero-order chi connectivity index (χ0) is 14.2. The van der Waals surface area contributed by atoms with Gasteiger partial charge in [0.25, 0.3) is 15.0 Å². The van der Waals surface area contributed by atoms with Gasteiger partial charge >= 0.3 is 0 Å². The third-order valence-electron chi connectivity index (χ3n) is 3.03.